The van der Waals surface area contributed by atoms with Crippen LogP contribution < -0.4 is 5.32 Å². The lowest BCUT2D eigenvalue weighted by Gasteiger charge is -2.56. The van der Waals surface area contributed by atoms with Gasteiger partial charge in [0.05, 0.1) is 13.1 Å². The lowest BCUT2D eigenvalue weighted by atomic mass is 9.91. The molecule has 196 valence electrons. The molecule has 2 aromatic rings. The number of hydrazine groups is 1. The summed E-state index contributed by atoms with van der Waals surface area (Å²) >= 11 is 0. The van der Waals surface area contributed by atoms with Crippen molar-refractivity contribution in [3.05, 3.63) is 71.8 Å². The zero-order valence-electron chi connectivity index (χ0n) is 21.6. The monoisotopic (exact) mass is 503 g/mol. The number of carbonyl (C=O) groups is 3. The Kier molecular flexibility index (Phi) is 7.74. The number of likely N-dealkylation sites (N-methyl/N-ethyl adjacent to an activating group) is 1. The summed E-state index contributed by atoms with van der Waals surface area (Å²) in [5, 5.41) is 6.57. The Hall–Kier alpha value is -3.39. The van der Waals surface area contributed by atoms with E-state index in [0.29, 0.717) is 26.1 Å². The molecule has 5 rings (SSSR count). The predicted octanol–water partition coefficient (Wildman–Crippen LogP) is 3.39. The second-order valence-corrected chi connectivity index (χ2v) is 10.2. The molecule has 3 aliphatic rings. The number of rotatable bonds is 6. The third-order valence-corrected chi connectivity index (χ3v) is 7.92. The first-order chi connectivity index (χ1) is 18.1. The van der Waals surface area contributed by atoms with Crippen LogP contribution in [0.3, 0.4) is 0 Å². The maximum atomic E-state index is 14.0. The first kappa shape index (κ1) is 25.3. The molecule has 2 atom stereocenters. The minimum absolute atomic E-state index is 0.00921. The first-order valence-corrected chi connectivity index (χ1v) is 13.6. The molecule has 2 aliphatic heterocycles. The smallest absolute Gasteiger partial charge is 0.334 e. The van der Waals surface area contributed by atoms with Gasteiger partial charge >= 0.3 is 6.03 Å². The molecule has 4 amide bonds. The third-order valence-electron chi connectivity index (χ3n) is 7.92. The van der Waals surface area contributed by atoms with Crippen molar-refractivity contribution in [1.82, 2.24) is 25.1 Å². The Morgan fingerprint density at radius 1 is 0.919 bits per heavy atom. The molecular formula is C29H37N5O3. The van der Waals surface area contributed by atoms with Crippen molar-refractivity contribution in [3.63, 3.8) is 0 Å². The number of carbonyl (C=O) groups excluding carboxylic acids is 3. The van der Waals surface area contributed by atoms with Gasteiger partial charge in [-0.1, -0.05) is 86.8 Å². The number of fused-ring (bicyclic) bond motifs is 1. The maximum Gasteiger partial charge on any atom is 0.334 e. The van der Waals surface area contributed by atoms with Crippen LogP contribution in [-0.2, 0) is 22.6 Å². The Morgan fingerprint density at radius 2 is 1.57 bits per heavy atom. The molecule has 1 saturated carbocycles. The normalized spacial score (nSPS) is 23.2. The Bertz CT molecular complexity index is 1090. The second-order valence-electron chi connectivity index (χ2n) is 10.2. The fourth-order valence-electron chi connectivity index (χ4n) is 6.04. The van der Waals surface area contributed by atoms with E-state index < -0.39 is 12.2 Å². The summed E-state index contributed by atoms with van der Waals surface area (Å²) in [4.78, 5) is 44.8. The van der Waals surface area contributed by atoms with Gasteiger partial charge in [0.25, 0.3) is 0 Å². The van der Waals surface area contributed by atoms with Gasteiger partial charge in [0.2, 0.25) is 11.8 Å². The number of amides is 4. The lowest BCUT2D eigenvalue weighted by Crippen LogP contribution is -2.77. The quantitative estimate of drug-likeness (QED) is 0.656. The zero-order valence-corrected chi connectivity index (χ0v) is 21.6. The van der Waals surface area contributed by atoms with Crippen molar-refractivity contribution in [2.24, 2.45) is 0 Å². The summed E-state index contributed by atoms with van der Waals surface area (Å²) in [6.45, 7) is 3.29. The van der Waals surface area contributed by atoms with Crippen molar-refractivity contribution < 1.29 is 14.4 Å². The lowest BCUT2D eigenvalue weighted by molar-refractivity contribution is -0.192. The van der Waals surface area contributed by atoms with Gasteiger partial charge in [0.15, 0.2) is 0 Å². The number of hydrogen-bond donors (Lipinski definition) is 1. The fourth-order valence-corrected chi connectivity index (χ4v) is 6.04. The number of nitrogens with one attached hydrogen (secondary N) is 1. The van der Waals surface area contributed by atoms with Gasteiger partial charge in [0.1, 0.15) is 12.2 Å². The predicted molar refractivity (Wildman–Crippen MR) is 141 cm³/mol. The van der Waals surface area contributed by atoms with E-state index in [9.17, 15) is 14.4 Å². The Balaban J connectivity index is 1.46. The van der Waals surface area contributed by atoms with Crippen LogP contribution in [0.1, 0.15) is 50.2 Å². The third kappa shape index (κ3) is 5.34. The molecule has 2 heterocycles. The van der Waals surface area contributed by atoms with Gasteiger partial charge < -0.3 is 15.1 Å². The van der Waals surface area contributed by atoms with E-state index >= 15 is 0 Å². The average Bonchev–Trinajstić information content (AvgIpc) is 2.94. The minimum Gasteiger partial charge on any atom is -0.334 e. The average molecular weight is 504 g/mol. The van der Waals surface area contributed by atoms with Gasteiger partial charge in [-0.25, -0.2) is 14.8 Å². The summed E-state index contributed by atoms with van der Waals surface area (Å²) < 4.78 is 0. The summed E-state index contributed by atoms with van der Waals surface area (Å²) in [6, 6.07) is 18.9. The van der Waals surface area contributed by atoms with E-state index in [0.717, 1.165) is 36.8 Å². The van der Waals surface area contributed by atoms with Crippen LogP contribution in [0.4, 0.5) is 4.79 Å². The highest BCUT2D eigenvalue weighted by molar-refractivity contribution is 5.92. The molecule has 0 bridgehead atoms. The van der Waals surface area contributed by atoms with Crippen LogP contribution in [0.15, 0.2) is 60.7 Å². The number of hydrogen-bond acceptors (Lipinski definition) is 4. The largest absolute Gasteiger partial charge is 0.334 e. The van der Waals surface area contributed by atoms with Crippen molar-refractivity contribution in [2.45, 2.75) is 70.2 Å². The standard InChI is InChI=1S/C29H37N5O3/c1-2-31-21-27(35)33-25(18-22-12-6-3-7-13-22)28(36)32(24-16-10-5-11-17-24)20-26(33)34(31)29(37)30-19-23-14-8-4-9-15-23/h3-4,6-9,12-15,24-26H,2,5,10-11,16-21H2,1H3,(H,30,37)/t25-,26-/m0/s1. The topological polar surface area (TPSA) is 76.2 Å². The fraction of sp³-hybridized carbons (Fsp3) is 0.483. The highest BCUT2D eigenvalue weighted by Crippen LogP contribution is 2.32. The van der Waals surface area contributed by atoms with Crippen molar-refractivity contribution in [2.75, 3.05) is 19.6 Å². The van der Waals surface area contributed by atoms with Crippen LogP contribution in [0.25, 0.3) is 0 Å². The van der Waals surface area contributed by atoms with Crippen LogP contribution in [-0.4, -0.2) is 75.5 Å². The molecule has 37 heavy (non-hydrogen) atoms. The van der Waals surface area contributed by atoms with E-state index in [2.05, 4.69) is 5.32 Å². The van der Waals surface area contributed by atoms with Crippen LogP contribution in [0, 0.1) is 0 Å². The van der Waals surface area contributed by atoms with Crippen molar-refractivity contribution in [1.29, 1.82) is 0 Å². The number of nitrogens with zero attached hydrogens (tertiary/aromatic N) is 4. The zero-order chi connectivity index (χ0) is 25.8. The summed E-state index contributed by atoms with van der Waals surface area (Å²) in [5.41, 5.74) is 2.02. The Morgan fingerprint density at radius 3 is 2.22 bits per heavy atom. The number of benzene rings is 2. The van der Waals surface area contributed by atoms with Gasteiger partial charge in [-0.2, -0.15) is 0 Å². The van der Waals surface area contributed by atoms with Crippen molar-refractivity contribution >= 4 is 17.8 Å². The molecule has 8 heteroatoms. The molecular weight excluding hydrogens is 466 g/mol. The molecule has 0 unspecified atom stereocenters. The summed E-state index contributed by atoms with van der Waals surface area (Å²) in [6.07, 6.45) is 5.25. The van der Waals surface area contributed by atoms with E-state index in [-0.39, 0.29) is 30.4 Å². The van der Waals surface area contributed by atoms with Crippen molar-refractivity contribution in [3.8, 4) is 0 Å². The van der Waals surface area contributed by atoms with E-state index in [1.54, 1.807) is 9.91 Å². The summed E-state index contributed by atoms with van der Waals surface area (Å²) in [7, 11) is 0. The Labute approximate surface area is 219 Å². The molecule has 0 spiro atoms. The maximum absolute atomic E-state index is 14.0. The highest BCUT2D eigenvalue weighted by atomic mass is 16.2. The molecule has 8 nitrogen and oxygen atoms in total. The molecule has 0 aromatic heterocycles. The molecule has 1 N–H and O–H groups in total. The SMILES string of the molecule is CCN1CC(=O)N2[C@@H](Cc3ccccc3)C(=O)N(C3CCCCC3)C[C@@H]2N1C(=O)NCc1ccccc1. The van der Waals surface area contributed by atoms with E-state index in [1.165, 1.54) is 6.42 Å². The number of urea groups is 1. The van der Waals surface area contributed by atoms with Crippen LogP contribution in [0.5, 0.6) is 0 Å². The van der Waals surface area contributed by atoms with Crippen LogP contribution in [0.2, 0.25) is 0 Å². The van der Waals surface area contributed by atoms with E-state index in [4.69, 9.17) is 0 Å². The highest BCUT2D eigenvalue weighted by Gasteiger charge is 2.52. The molecule has 2 aromatic carbocycles. The summed E-state index contributed by atoms with van der Waals surface area (Å²) in [5.74, 6) is -0.0912. The number of piperazine rings is 1. The van der Waals surface area contributed by atoms with Gasteiger partial charge in [-0.15, -0.1) is 0 Å². The molecule has 3 fully saturated rings. The van der Waals surface area contributed by atoms with Crippen LogP contribution >= 0.6 is 0 Å². The first-order valence-electron chi connectivity index (χ1n) is 13.6. The molecule has 0 radical (unpaired) electrons. The van der Waals surface area contributed by atoms with E-state index in [1.807, 2.05) is 77.5 Å². The van der Waals surface area contributed by atoms with Gasteiger partial charge in [0, 0.05) is 25.6 Å². The van der Waals surface area contributed by atoms with Gasteiger partial charge in [-0.05, 0) is 24.0 Å². The molecule has 1 aliphatic carbocycles. The minimum atomic E-state index is -0.626. The van der Waals surface area contributed by atoms with Gasteiger partial charge in [-0.3, -0.25) is 9.59 Å². The molecule has 2 saturated heterocycles. The second kappa shape index (κ2) is 11.3.